The number of nitrogens with zero attached hydrogens (tertiary/aromatic N) is 1. The van der Waals surface area contributed by atoms with Gasteiger partial charge in [0.05, 0.1) is 0 Å². The van der Waals surface area contributed by atoms with Crippen molar-refractivity contribution in [1.82, 2.24) is 9.88 Å². The van der Waals surface area contributed by atoms with Crippen molar-refractivity contribution in [2.24, 2.45) is 0 Å². The molecule has 0 radical (unpaired) electrons. The second-order valence-electron chi connectivity index (χ2n) is 5.13. The average Bonchev–Trinajstić information content (AvgIpc) is 3.11. The summed E-state index contributed by atoms with van der Waals surface area (Å²) in [6, 6.07) is 2.09. The molecule has 0 aromatic carbocycles. The van der Waals surface area contributed by atoms with Crippen LogP contribution in [0.4, 0.5) is 0 Å². The zero-order valence-corrected chi connectivity index (χ0v) is 12.5. The van der Waals surface area contributed by atoms with Gasteiger partial charge in [0, 0.05) is 16.7 Å². The van der Waals surface area contributed by atoms with Gasteiger partial charge < -0.3 is 15.0 Å². The van der Waals surface area contributed by atoms with Gasteiger partial charge in [0.2, 0.25) is 0 Å². The predicted molar refractivity (Wildman–Crippen MR) is 74.2 cm³/mol. The summed E-state index contributed by atoms with van der Waals surface area (Å²) < 4.78 is 2.75. The number of hydrogen-bond donors (Lipinski definition) is 2. The van der Waals surface area contributed by atoms with Crippen LogP contribution in [0.25, 0.3) is 0 Å². The van der Waals surface area contributed by atoms with Crippen LogP contribution in [0.1, 0.15) is 49.6 Å². The van der Waals surface area contributed by atoms with E-state index in [2.05, 4.69) is 21.2 Å². The fourth-order valence-electron chi connectivity index (χ4n) is 1.89. The molecule has 6 heteroatoms. The number of nitrogens with one attached hydrogen (secondary N) is 1. The van der Waals surface area contributed by atoms with Gasteiger partial charge in [-0.15, -0.1) is 0 Å². The molecule has 2 rings (SSSR count). The lowest BCUT2D eigenvalue weighted by molar-refractivity contribution is -0.143. The first-order chi connectivity index (χ1) is 8.87. The third-order valence-corrected chi connectivity index (χ3v) is 3.99. The quantitative estimate of drug-likeness (QED) is 0.872. The molecule has 1 saturated carbocycles. The van der Waals surface area contributed by atoms with Crippen LogP contribution < -0.4 is 5.32 Å². The highest BCUT2D eigenvalue weighted by Gasteiger charge is 2.35. The Morgan fingerprint density at radius 3 is 2.68 bits per heavy atom. The molecule has 0 aliphatic heterocycles. The zero-order valence-electron chi connectivity index (χ0n) is 10.9. The Hall–Kier alpha value is -1.30. The molecular formula is C13H17BrN2O3. The van der Waals surface area contributed by atoms with E-state index in [0.29, 0.717) is 18.2 Å². The van der Waals surface area contributed by atoms with E-state index in [1.165, 1.54) is 6.92 Å². The van der Waals surface area contributed by atoms with Crippen LogP contribution in [-0.2, 0) is 4.79 Å². The molecule has 1 aromatic rings. The summed E-state index contributed by atoms with van der Waals surface area (Å²) in [5, 5.41) is 11.8. The zero-order chi connectivity index (χ0) is 14.2. The normalized spacial score (nSPS) is 17.8. The molecule has 1 unspecified atom stereocenters. The number of hydrogen-bond acceptors (Lipinski definition) is 2. The van der Waals surface area contributed by atoms with E-state index >= 15 is 0 Å². The molecule has 0 bridgehead atoms. The van der Waals surface area contributed by atoms with Gasteiger partial charge in [0.1, 0.15) is 11.2 Å². The lowest BCUT2D eigenvalue weighted by Crippen LogP contribution is -2.52. The van der Waals surface area contributed by atoms with Crippen LogP contribution >= 0.6 is 15.9 Å². The molecular weight excluding hydrogens is 312 g/mol. The Morgan fingerprint density at radius 1 is 1.58 bits per heavy atom. The third-order valence-electron chi connectivity index (χ3n) is 3.56. The Kier molecular flexibility index (Phi) is 3.71. The van der Waals surface area contributed by atoms with E-state index in [9.17, 15) is 14.7 Å². The monoisotopic (exact) mass is 328 g/mol. The average molecular weight is 329 g/mol. The SMILES string of the molecule is CCC(C)(NC(=O)c1cc(Br)cn1C1CC1)C(=O)O. The molecule has 104 valence electrons. The molecule has 1 fully saturated rings. The van der Waals surface area contributed by atoms with E-state index in [0.717, 1.165) is 17.3 Å². The van der Waals surface area contributed by atoms with Crippen molar-refractivity contribution in [3.8, 4) is 0 Å². The minimum absolute atomic E-state index is 0.333. The second-order valence-corrected chi connectivity index (χ2v) is 6.04. The molecule has 1 aliphatic carbocycles. The number of amides is 1. The Morgan fingerprint density at radius 2 is 2.21 bits per heavy atom. The molecule has 5 nitrogen and oxygen atoms in total. The van der Waals surface area contributed by atoms with Crippen molar-refractivity contribution in [3.63, 3.8) is 0 Å². The first-order valence-corrected chi connectivity index (χ1v) is 7.10. The molecule has 1 heterocycles. The number of aromatic nitrogens is 1. The van der Waals surface area contributed by atoms with Gasteiger partial charge in [0.15, 0.2) is 0 Å². The van der Waals surface area contributed by atoms with Gasteiger partial charge in [-0.1, -0.05) is 6.92 Å². The third kappa shape index (κ3) is 2.83. The number of carbonyl (C=O) groups is 2. The number of carboxylic acids is 1. The highest BCUT2D eigenvalue weighted by molar-refractivity contribution is 9.10. The van der Waals surface area contributed by atoms with Gasteiger partial charge in [0.25, 0.3) is 5.91 Å². The number of halogens is 1. The maximum atomic E-state index is 12.3. The molecule has 19 heavy (non-hydrogen) atoms. The summed E-state index contributed by atoms with van der Waals surface area (Å²) in [4.78, 5) is 23.5. The van der Waals surface area contributed by atoms with Crippen molar-refractivity contribution in [2.45, 2.75) is 44.7 Å². The highest BCUT2D eigenvalue weighted by Crippen LogP contribution is 2.37. The van der Waals surface area contributed by atoms with Crippen LogP contribution in [0.5, 0.6) is 0 Å². The Balaban J connectivity index is 2.22. The molecule has 1 amide bonds. The van der Waals surface area contributed by atoms with Gasteiger partial charge in [-0.05, 0) is 48.2 Å². The van der Waals surface area contributed by atoms with Crippen molar-refractivity contribution < 1.29 is 14.7 Å². The van der Waals surface area contributed by atoms with Gasteiger partial charge in [-0.3, -0.25) is 4.79 Å². The van der Waals surface area contributed by atoms with E-state index in [1.807, 2.05) is 10.8 Å². The fraction of sp³-hybridized carbons (Fsp3) is 0.538. The standard InChI is InChI=1S/C13H17BrN2O3/c1-3-13(2,12(18)19)15-11(17)10-6-8(14)7-16(10)9-4-5-9/h6-7,9H,3-5H2,1-2H3,(H,15,17)(H,18,19). The minimum Gasteiger partial charge on any atom is -0.480 e. The molecule has 1 atom stereocenters. The molecule has 0 spiro atoms. The van der Waals surface area contributed by atoms with Crippen LogP contribution in [0.15, 0.2) is 16.7 Å². The Labute approximate surface area is 120 Å². The summed E-state index contributed by atoms with van der Waals surface area (Å²) in [5.41, 5.74) is -0.724. The van der Waals surface area contributed by atoms with Crippen molar-refractivity contribution in [1.29, 1.82) is 0 Å². The molecule has 1 aliphatic rings. The van der Waals surface area contributed by atoms with E-state index in [1.54, 1.807) is 13.0 Å². The summed E-state index contributed by atoms with van der Waals surface area (Å²) >= 11 is 3.36. The number of carboxylic acid groups (broad SMARTS) is 1. The minimum atomic E-state index is -1.23. The van der Waals surface area contributed by atoms with Crippen LogP contribution in [0, 0.1) is 0 Å². The lowest BCUT2D eigenvalue weighted by atomic mass is 9.99. The summed E-state index contributed by atoms with van der Waals surface area (Å²) in [7, 11) is 0. The predicted octanol–water partition coefficient (Wildman–Crippen LogP) is 2.57. The molecule has 0 saturated heterocycles. The second kappa shape index (κ2) is 5.00. The highest BCUT2D eigenvalue weighted by atomic mass is 79.9. The summed E-state index contributed by atoms with van der Waals surface area (Å²) in [5.74, 6) is -1.36. The number of aliphatic carboxylic acids is 1. The van der Waals surface area contributed by atoms with Crippen LogP contribution in [0.3, 0.4) is 0 Å². The van der Waals surface area contributed by atoms with Crippen molar-refractivity contribution >= 4 is 27.8 Å². The van der Waals surface area contributed by atoms with E-state index in [-0.39, 0.29) is 5.91 Å². The molecule has 2 N–H and O–H groups in total. The van der Waals surface area contributed by atoms with Crippen LogP contribution in [-0.4, -0.2) is 27.1 Å². The fourth-order valence-corrected chi connectivity index (χ4v) is 2.33. The lowest BCUT2D eigenvalue weighted by Gasteiger charge is -2.24. The van der Waals surface area contributed by atoms with E-state index < -0.39 is 11.5 Å². The van der Waals surface area contributed by atoms with Gasteiger partial charge in [-0.25, -0.2) is 4.79 Å². The van der Waals surface area contributed by atoms with Gasteiger partial charge in [-0.2, -0.15) is 0 Å². The van der Waals surface area contributed by atoms with Crippen LogP contribution in [0.2, 0.25) is 0 Å². The maximum absolute atomic E-state index is 12.3. The van der Waals surface area contributed by atoms with E-state index in [4.69, 9.17) is 0 Å². The first kappa shape index (κ1) is 14.1. The number of carbonyl (C=O) groups excluding carboxylic acids is 1. The topological polar surface area (TPSA) is 71.3 Å². The van der Waals surface area contributed by atoms with Gasteiger partial charge >= 0.3 is 5.97 Å². The first-order valence-electron chi connectivity index (χ1n) is 6.30. The largest absolute Gasteiger partial charge is 0.480 e. The van der Waals surface area contributed by atoms with Crippen molar-refractivity contribution in [3.05, 3.63) is 22.4 Å². The molecule has 1 aromatic heterocycles. The summed E-state index contributed by atoms with van der Waals surface area (Å²) in [6.07, 6.45) is 4.33. The van der Waals surface area contributed by atoms with Crippen molar-refractivity contribution in [2.75, 3.05) is 0 Å². The summed E-state index contributed by atoms with van der Waals surface area (Å²) in [6.45, 7) is 3.26. The number of rotatable bonds is 5. The maximum Gasteiger partial charge on any atom is 0.329 e. The smallest absolute Gasteiger partial charge is 0.329 e. The Bertz CT molecular complexity index is 522.